The fourth-order valence-corrected chi connectivity index (χ4v) is 3.45. The van der Waals surface area contributed by atoms with E-state index in [0.29, 0.717) is 18.1 Å². The number of carbonyl (C=O) groups excluding carboxylic acids is 1. The van der Waals surface area contributed by atoms with Crippen LogP contribution in [0.25, 0.3) is 0 Å². The third kappa shape index (κ3) is 4.98. The Morgan fingerprint density at radius 1 is 1.33 bits per heavy atom. The molecule has 0 unspecified atom stereocenters. The normalized spacial score (nSPS) is 18.6. The number of sulfone groups is 1. The van der Waals surface area contributed by atoms with Crippen LogP contribution in [0.1, 0.15) is 19.3 Å². The van der Waals surface area contributed by atoms with Crippen LogP contribution in [-0.2, 0) is 19.4 Å². The number of carbonyl (C=O) groups is 1. The molecule has 1 saturated heterocycles. The standard InChI is InChI=1S/C14H18ClNO4S/c15-11-3-5-13(6-4-11)21(18,19)9-7-16-14(17)10-12-2-1-8-20-12/h3-6,12H,1-2,7-10H2,(H,16,17)/t12-/m1/s1. The SMILES string of the molecule is O=C(C[C@H]1CCCO1)NCCS(=O)(=O)c1ccc(Cl)cc1. The number of ether oxygens (including phenoxy) is 1. The average Bonchev–Trinajstić information content (AvgIpc) is 2.91. The predicted molar refractivity (Wildman–Crippen MR) is 80.1 cm³/mol. The lowest BCUT2D eigenvalue weighted by atomic mass is 10.2. The lowest BCUT2D eigenvalue weighted by Crippen LogP contribution is -2.31. The quantitative estimate of drug-likeness (QED) is 0.862. The van der Waals surface area contributed by atoms with Gasteiger partial charge in [-0.15, -0.1) is 0 Å². The molecule has 1 aliphatic heterocycles. The molecule has 116 valence electrons. The Labute approximate surface area is 129 Å². The summed E-state index contributed by atoms with van der Waals surface area (Å²) in [6.45, 7) is 0.791. The van der Waals surface area contributed by atoms with Gasteiger partial charge in [-0.05, 0) is 37.1 Å². The highest BCUT2D eigenvalue weighted by atomic mass is 35.5. The Balaban J connectivity index is 1.79. The molecule has 0 bridgehead atoms. The van der Waals surface area contributed by atoms with Crippen molar-refractivity contribution < 1.29 is 17.9 Å². The van der Waals surface area contributed by atoms with Crippen molar-refractivity contribution in [3.05, 3.63) is 29.3 Å². The van der Waals surface area contributed by atoms with Gasteiger partial charge in [-0.3, -0.25) is 4.79 Å². The first kappa shape index (κ1) is 16.3. The van der Waals surface area contributed by atoms with Crippen molar-refractivity contribution in [2.45, 2.75) is 30.3 Å². The van der Waals surface area contributed by atoms with Crippen molar-refractivity contribution in [2.75, 3.05) is 18.9 Å². The zero-order valence-electron chi connectivity index (χ0n) is 11.5. The van der Waals surface area contributed by atoms with Crippen LogP contribution in [0.5, 0.6) is 0 Å². The highest BCUT2D eigenvalue weighted by molar-refractivity contribution is 7.91. The summed E-state index contributed by atoms with van der Waals surface area (Å²) >= 11 is 5.72. The van der Waals surface area contributed by atoms with E-state index in [0.717, 1.165) is 12.8 Å². The van der Waals surface area contributed by atoms with E-state index in [4.69, 9.17) is 16.3 Å². The molecule has 0 radical (unpaired) electrons. The molecule has 0 aromatic heterocycles. The Kier molecular flexibility index (Phi) is 5.61. The van der Waals surface area contributed by atoms with Gasteiger partial charge in [-0.2, -0.15) is 0 Å². The summed E-state index contributed by atoms with van der Waals surface area (Å²) < 4.78 is 29.5. The van der Waals surface area contributed by atoms with Gasteiger partial charge in [0.15, 0.2) is 9.84 Å². The van der Waals surface area contributed by atoms with E-state index in [1.165, 1.54) is 24.3 Å². The smallest absolute Gasteiger partial charge is 0.222 e. The van der Waals surface area contributed by atoms with E-state index < -0.39 is 9.84 Å². The molecule has 5 nitrogen and oxygen atoms in total. The van der Waals surface area contributed by atoms with Crippen LogP contribution in [0.2, 0.25) is 5.02 Å². The summed E-state index contributed by atoms with van der Waals surface area (Å²) in [6, 6.07) is 5.99. The number of benzene rings is 1. The lowest BCUT2D eigenvalue weighted by molar-refractivity contribution is -0.123. The summed E-state index contributed by atoms with van der Waals surface area (Å²) in [6.07, 6.45) is 2.12. The van der Waals surface area contributed by atoms with Gasteiger partial charge in [0.2, 0.25) is 5.91 Å². The number of amides is 1. The van der Waals surface area contributed by atoms with Crippen LogP contribution in [0.3, 0.4) is 0 Å². The minimum absolute atomic E-state index is 0.0297. The van der Waals surface area contributed by atoms with E-state index in [2.05, 4.69) is 5.32 Å². The molecule has 1 aliphatic rings. The van der Waals surface area contributed by atoms with Gasteiger partial charge < -0.3 is 10.1 Å². The Morgan fingerprint density at radius 3 is 2.67 bits per heavy atom. The number of hydrogen-bond acceptors (Lipinski definition) is 4. The number of rotatable bonds is 6. The Morgan fingerprint density at radius 2 is 2.05 bits per heavy atom. The molecule has 1 atom stereocenters. The summed E-state index contributed by atoms with van der Waals surface area (Å²) in [5.41, 5.74) is 0. The van der Waals surface area contributed by atoms with Gasteiger partial charge in [-0.1, -0.05) is 11.6 Å². The fourth-order valence-electron chi connectivity index (χ4n) is 2.17. The van der Waals surface area contributed by atoms with Crippen LogP contribution in [-0.4, -0.2) is 39.3 Å². The van der Waals surface area contributed by atoms with Crippen molar-refractivity contribution in [3.63, 3.8) is 0 Å². The summed E-state index contributed by atoms with van der Waals surface area (Å²) in [4.78, 5) is 11.9. The van der Waals surface area contributed by atoms with Gasteiger partial charge in [0, 0.05) is 18.2 Å². The van der Waals surface area contributed by atoms with Crippen molar-refractivity contribution >= 4 is 27.3 Å². The highest BCUT2D eigenvalue weighted by Gasteiger charge is 2.19. The molecule has 21 heavy (non-hydrogen) atoms. The Bertz CT molecular complexity index is 579. The van der Waals surface area contributed by atoms with E-state index in [9.17, 15) is 13.2 Å². The average molecular weight is 332 g/mol. The van der Waals surface area contributed by atoms with Crippen LogP contribution in [0.15, 0.2) is 29.2 Å². The largest absolute Gasteiger partial charge is 0.378 e. The van der Waals surface area contributed by atoms with E-state index in [1.807, 2.05) is 0 Å². The maximum atomic E-state index is 12.1. The minimum atomic E-state index is -3.40. The summed E-state index contributed by atoms with van der Waals surface area (Å²) in [5.74, 6) is -0.306. The minimum Gasteiger partial charge on any atom is -0.378 e. The molecule has 0 spiro atoms. The predicted octanol–water partition coefficient (Wildman–Crippen LogP) is 1.80. The van der Waals surface area contributed by atoms with Gasteiger partial charge in [-0.25, -0.2) is 8.42 Å². The van der Waals surface area contributed by atoms with Crippen LogP contribution in [0, 0.1) is 0 Å². The molecule has 0 aliphatic carbocycles. The lowest BCUT2D eigenvalue weighted by Gasteiger charge is -2.10. The van der Waals surface area contributed by atoms with Crippen LogP contribution in [0.4, 0.5) is 0 Å². The fraction of sp³-hybridized carbons (Fsp3) is 0.500. The third-order valence-corrected chi connectivity index (χ3v) is 5.29. The van der Waals surface area contributed by atoms with E-state index >= 15 is 0 Å². The first-order chi connectivity index (χ1) is 9.97. The molecule has 1 aromatic rings. The van der Waals surface area contributed by atoms with Crippen LogP contribution >= 0.6 is 11.6 Å². The van der Waals surface area contributed by atoms with Gasteiger partial charge in [0.25, 0.3) is 0 Å². The Hall–Kier alpha value is -1.11. The third-order valence-electron chi connectivity index (χ3n) is 3.30. The molecule has 1 N–H and O–H groups in total. The first-order valence-electron chi connectivity index (χ1n) is 6.84. The van der Waals surface area contributed by atoms with Gasteiger partial charge in [0.05, 0.1) is 23.2 Å². The molecule has 7 heteroatoms. The van der Waals surface area contributed by atoms with Crippen molar-refractivity contribution in [1.29, 1.82) is 0 Å². The highest BCUT2D eigenvalue weighted by Crippen LogP contribution is 2.16. The van der Waals surface area contributed by atoms with Gasteiger partial charge in [0.1, 0.15) is 0 Å². The monoisotopic (exact) mass is 331 g/mol. The maximum Gasteiger partial charge on any atom is 0.222 e. The van der Waals surface area contributed by atoms with E-state index in [1.54, 1.807) is 0 Å². The molecular weight excluding hydrogens is 314 g/mol. The maximum absolute atomic E-state index is 12.1. The molecule has 1 heterocycles. The zero-order chi connectivity index (χ0) is 15.3. The molecule has 2 rings (SSSR count). The second-order valence-electron chi connectivity index (χ2n) is 4.96. The first-order valence-corrected chi connectivity index (χ1v) is 8.87. The second kappa shape index (κ2) is 7.24. The van der Waals surface area contributed by atoms with Crippen molar-refractivity contribution in [2.24, 2.45) is 0 Å². The number of halogens is 1. The van der Waals surface area contributed by atoms with Gasteiger partial charge >= 0.3 is 0 Å². The number of nitrogens with one attached hydrogen (secondary N) is 1. The van der Waals surface area contributed by atoms with Crippen molar-refractivity contribution in [3.8, 4) is 0 Å². The van der Waals surface area contributed by atoms with E-state index in [-0.39, 0.29) is 29.2 Å². The molecule has 1 fully saturated rings. The van der Waals surface area contributed by atoms with Crippen molar-refractivity contribution in [1.82, 2.24) is 5.32 Å². The molecule has 1 amide bonds. The summed E-state index contributed by atoms with van der Waals surface area (Å²) in [7, 11) is -3.40. The summed E-state index contributed by atoms with van der Waals surface area (Å²) in [5, 5.41) is 3.11. The number of hydrogen-bond donors (Lipinski definition) is 1. The van der Waals surface area contributed by atoms with Crippen LogP contribution < -0.4 is 5.32 Å². The topological polar surface area (TPSA) is 72.5 Å². The zero-order valence-corrected chi connectivity index (χ0v) is 13.1. The second-order valence-corrected chi connectivity index (χ2v) is 7.51. The molecule has 0 saturated carbocycles. The molecular formula is C14H18ClNO4S. The molecule has 1 aromatic carbocycles.